The standard InChI is InChI=1S/C21H25N3O2/c1-15(2)18-8-4-5-9-19(18)23-20(25)16-12-17(14-22-13-16)21(26)24-10-6-3-7-11-24/h4-5,8-9,12-15H,3,6-7,10-11H2,1-2H3,(H,23,25). The molecule has 1 aliphatic heterocycles. The molecule has 1 saturated heterocycles. The number of nitrogens with zero attached hydrogens (tertiary/aromatic N) is 2. The number of carbonyl (C=O) groups is 2. The lowest BCUT2D eigenvalue weighted by Gasteiger charge is -2.26. The first-order valence-electron chi connectivity index (χ1n) is 9.21. The highest BCUT2D eigenvalue weighted by Crippen LogP contribution is 2.24. The second-order valence-corrected chi connectivity index (χ2v) is 7.01. The number of para-hydroxylation sites is 1. The topological polar surface area (TPSA) is 62.3 Å². The molecular weight excluding hydrogens is 326 g/mol. The number of benzene rings is 1. The maximum Gasteiger partial charge on any atom is 0.257 e. The fourth-order valence-electron chi connectivity index (χ4n) is 3.27. The van der Waals surface area contributed by atoms with Gasteiger partial charge in [0.1, 0.15) is 0 Å². The molecule has 136 valence electrons. The van der Waals surface area contributed by atoms with Gasteiger partial charge in [0.05, 0.1) is 11.1 Å². The SMILES string of the molecule is CC(C)c1ccccc1NC(=O)c1cncc(C(=O)N2CCCCC2)c1. The van der Waals surface area contributed by atoms with Gasteiger partial charge in [0.25, 0.3) is 11.8 Å². The smallest absolute Gasteiger partial charge is 0.257 e. The van der Waals surface area contributed by atoms with Crippen LogP contribution < -0.4 is 5.32 Å². The van der Waals surface area contributed by atoms with E-state index in [1.54, 1.807) is 6.07 Å². The summed E-state index contributed by atoms with van der Waals surface area (Å²) >= 11 is 0. The molecule has 2 heterocycles. The average molecular weight is 351 g/mol. The summed E-state index contributed by atoms with van der Waals surface area (Å²) in [5.41, 5.74) is 2.73. The van der Waals surface area contributed by atoms with Gasteiger partial charge < -0.3 is 10.2 Å². The molecule has 26 heavy (non-hydrogen) atoms. The fourth-order valence-corrected chi connectivity index (χ4v) is 3.27. The third kappa shape index (κ3) is 4.10. The lowest BCUT2D eigenvalue weighted by molar-refractivity contribution is 0.0724. The van der Waals surface area contributed by atoms with Crippen LogP contribution in [-0.2, 0) is 0 Å². The van der Waals surface area contributed by atoms with Gasteiger partial charge in [-0.1, -0.05) is 32.0 Å². The Morgan fingerprint density at radius 2 is 1.73 bits per heavy atom. The number of amides is 2. The molecule has 1 aliphatic rings. The number of rotatable bonds is 4. The van der Waals surface area contributed by atoms with Gasteiger partial charge in [-0.15, -0.1) is 0 Å². The fraction of sp³-hybridized carbons (Fsp3) is 0.381. The quantitative estimate of drug-likeness (QED) is 0.903. The molecule has 0 aliphatic carbocycles. The number of nitrogens with one attached hydrogen (secondary N) is 1. The van der Waals surface area contributed by atoms with Crippen molar-refractivity contribution in [3.05, 3.63) is 59.4 Å². The lowest BCUT2D eigenvalue weighted by Crippen LogP contribution is -2.35. The Kier molecular flexibility index (Phi) is 5.66. The normalized spacial score (nSPS) is 14.3. The number of likely N-dealkylation sites (tertiary alicyclic amines) is 1. The van der Waals surface area contributed by atoms with Crippen LogP contribution >= 0.6 is 0 Å². The largest absolute Gasteiger partial charge is 0.339 e. The monoisotopic (exact) mass is 351 g/mol. The highest BCUT2D eigenvalue weighted by atomic mass is 16.2. The molecule has 1 N–H and O–H groups in total. The van der Waals surface area contributed by atoms with E-state index < -0.39 is 0 Å². The van der Waals surface area contributed by atoms with E-state index in [9.17, 15) is 9.59 Å². The van der Waals surface area contributed by atoms with Crippen LogP contribution in [0.1, 0.15) is 65.3 Å². The maximum atomic E-state index is 12.7. The van der Waals surface area contributed by atoms with Gasteiger partial charge in [0, 0.05) is 31.2 Å². The van der Waals surface area contributed by atoms with Crippen molar-refractivity contribution in [1.82, 2.24) is 9.88 Å². The summed E-state index contributed by atoms with van der Waals surface area (Å²) < 4.78 is 0. The van der Waals surface area contributed by atoms with Crippen LogP contribution in [-0.4, -0.2) is 34.8 Å². The minimum Gasteiger partial charge on any atom is -0.339 e. The van der Waals surface area contributed by atoms with E-state index in [2.05, 4.69) is 24.1 Å². The molecule has 5 nitrogen and oxygen atoms in total. The molecule has 1 aromatic carbocycles. The van der Waals surface area contributed by atoms with Crippen LogP contribution in [0.2, 0.25) is 0 Å². The van der Waals surface area contributed by atoms with E-state index in [-0.39, 0.29) is 11.8 Å². The first kappa shape index (κ1) is 18.1. The van der Waals surface area contributed by atoms with Crippen molar-refractivity contribution in [3.8, 4) is 0 Å². The molecule has 5 heteroatoms. The van der Waals surface area contributed by atoms with E-state index >= 15 is 0 Å². The Morgan fingerprint density at radius 3 is 2.46 bits per heavy atom. The molecule has 0 radical (unpaired) electrons. The molecular formula is C21H25N3O2. The number of carbonyl (C=O) groups excluding carboxylic acids is 2. The summed E-state index contributed by atoms with van der Waals surface area (Å²) in [5, 5.41) is 2.95. The zero-order chi connectivity index (χ0) is 18.5. The van der Waals surface area contributed by atoms with Crippen LogP contribution in [0.3, 0.4) is 0 Å². The van der Waals surface area contributed by atoms with Crippen molar-refractivity contribution >= 4 is 17.5 Å². The van der Waals surface area contributed by atoms with Crippen molar-refractivity contribution in [1.29, 1.82) is 0 Å². The Balaban J connectivity index is 1.77. The summed E-state index contributed by atoms with van der Waals surface area (Å²) in [6.45, 7) is 5.73. The van der Waals surface area contributed by atoms with Crippen molar-refractivity contribution < 1.29 is 9.59 Å². The molecule has 0 bridgehead atoms. The predicted octanol–water partition coefficient (Wildman–Crippen LogP) is 4.08. The lowest BCUT2D eigenvalue weighted by atomic mass is 10.0. The second-order valence-electron chi connectivity index (χ2n) is 7.01. The number of piperidine rings is 1. The molecule has 1 fully saturated rings. The van der Waals surface area contributed by atoms with Crippen molar-refractivity contribution in [3.63, 3.8) is 0 Å². The van der Waals surface area contributed by atoms with Crippen molar-refractivity contribution in [2.75, 3.05) is 18.4 Å². The predicted molar refractivity (Wildman–Crippen MR) is 102 cm³/mol. The minimum atomic E-state index is -0.251. The average Bonchev–Trinajstić information content (AvgIpc) is 2.68. The Hall–Kier alpha value is -2.69. The number of pyridine rings is 1. The van der Waals surface area contributed by atoms with Crippen LogP contribution in [0.15, 0.2) is 42.7 Å². The number of hydrogen-bond donors (Lipinski definition) is 1. The van der Waals surface area contributed by atoms with E-state index in [4.69, 9.17) is 0 Å². The number of anilines is 1. The van der Waals surface area contributed by atoms with Gasteiger partial charge in [0.2, 0.25) is 0 Å². The first-order chi connectivity index (χ1) is 12.6. The van der Waals surface area contributed by atoms with E-state index in [1.165, 1.54) is 18.8 Å². The van der Waals surface area contributed by atoms with Gasteiger partial charge in [-0.2, -0.15) is 0 Å². The molecule has 0 spiro atoms. The zero-order valence-electron chi connectivity index (χ0n) is 15.4. The van der Waals surface area contributed by atoms with Crippen LogP contribution in [0, 0.1) is 0 Å². The van der Waals surface area contributed by atoms with Gasteiger partial charge in [-0.05, 0) is 42.9 Å². The number of hydrogen-bond acceptors (Lipinski definition) is 3. The van der Waals surface area contributed by atoms with Crippen molar-refractivity contribution in [2.24, 2.45) is 0 Å². The second kappa shape index (κ2) is 8.13. The van der Waals surface area contributed by atoms with Crippen LogP contribution in [0.5, 0.6) is 0 Å². The van der Waals surface area contributed by atoms with Crippen LogP contribution in [0.4, 0.5) is 5.69 Å². The maximum absolute atomic E-state index is 12.7. The van der Waals surface area contributed by atoms with E-state index in [0.717, 1.165) is 37.2 Å². The number of aromatic nitrogens is 1. The molecule has 1 aromatic heterocycles. The molecule has 0 saturated carbocycles. The van der Waals surface area contributed by atoms with Gasteiger partial charge in [0.15, 0.2) is 0 Å². The molecule has 3 rings (SSSR count). The van der Waals surface area contributed by atoms with Gasteiger partial charge in [-0.25, -0.2) is 0 Å². The van der Waals surface area contributed by atoms with Gasteiger partial charge >= 0.3 is 0 Å². The minimum absolute atomic E-state index is 0.0468. The Labute approximate surface area is 154 Å². The molecule has 0 atom stereocenters. The Bertz CT molecular complexity index is 795. The highest BCUT2D eigenvalue weighted by molar-refractivity contribution is 6.06. The Morgan fingerprint density at radius 1 is 1.04 bits per heavy atom. The van der Waals surface area contributed by atoms with Crippen molar-refractivity contribution in [2.45, 2.75) is 39.0 Å². The van der Waals surface area contributed by atoms with E-state index in [1.807, 2.05) is 29.2 Å². The molecule has 0 unspecified atom stereocenters. The van der Waals surface area contributed by atoms with Gasteiger partial charge in [-0.3, -0.25) is 14.6 Å². The first-order valence-corrected chi connectivity index (χ1v) is 9.21. The summed E-state index contributed by atoms with van der Waals surface area (Å²) in [6.07, 6.45) is 6.27. The third-order valence-corrected chi connectivity index (χ3v) is 4.72. The summed E-state index contributed by atoms with van der Waals surface area (Å²) in [6, 6.07) is 9.40. The summed E-state index contributed by atoms with van der Waals surface area (Å²) in [4.78, 5) is 31.3. The summed E-state index contributed by atoms with van der Waals surface area (Å²) in [5.74, 6) is 0.00460. The zero-order valence-corrected chi connectivity index (χ0v) is 15.4. The third-order valence-electron chi connectivity index (χ3n) is 4.72. The molecule has 2 aromatic rings. The summed E-state index contributed by atoms with van der Waals surface area (Å²) in [7, 11) is 0. The highest BCUT2D eigenvalue weighted by Gasteiger charge is 2.20. The molecule has 2 amide bonds. The van der Waals surface area contributed by atoms with Crippen LogP contribution in [0.25, 0.3) is 0 Å². The van der Waals surface area contributed by atoms with E-state index in [0.29, 0.717) is 17.0 Å².